The van der Waals surface area contributed by atoms with Gasteiger partial charge in [-0.15, -0.1) is 0 Å². The number of rotatable bonds is 2. The number of halogens is 2. The third-order valence-electron chi connectivity index (χ3n) is 4.11. The van der Waals surface area contributed by atoms with E-state index in [2.05, 4.69) is 5.10 Å². The van der Waals surface area contributed by atoms with Crippen LogP contribution < -0.4 is 0 Å². The molecular weight excluding hydrogens is 292 g/mol. The monoisotopic (exact) mass is 309 g/mol. The second-order valence-electron chi connectivity index (χ2n) is 5.89. The zero-order chi connectivity index (χ0) is 15.9. The van der Waals surface area contributed by atoms with Gasteiger partial charge in [0.05, 0.1) is 19.1 Å². The maximum Gasteiger partial charge on any atom is 0.341 e. The molecule has 3 rings (SSSR count). The Hall–Kier alpha value is -2.02. The highest BCUT2D eigenvalue weighted by Crippen LogP contribution is 2.33. The minimum atomic E-state index is -0.662. The Morgan fingerprint density at radius 3 is 2.55 bits per heavy atom. The van der Waals surface area contributed by atoms with E-state index in [1.807, 2.05) is 6.92 Å². The number of urea groups is 1. The fourth-order valence-electron chi connectivity index (χ4n) is 2.81. The average Bonchev–Trinajstić information content (AvgIpc) is 2.91. The first kappa shape index (κ1) is 14.9. The first-order valence-corrected chi connectivity index (χ1v) is 7.03. The molecule has 118 valence electrons. The normalized spacial score (nSPS) is 22.8. The van der Waals surface area contributed by atoms with Gasteiger partial charge in [-0.25, -0.2) is 18.6 Å². The zero-order valence-corrected chi connectivity index (χ0v) is 12.4. The highest BCUT2D eigenvalue weighted by molar-refractivity contribution is 5.79. The van der Waals surface area contributed by atoms with E-state index in [9.17, 15) is 13.6 Å². The van der Waals surface area contributed by atoms with E-state index in [4.69, 9.17) is 4.74 Å². The number of hydrogen-bond donors (Lipinski definition) is 0. The molecule has 2 heterocycles. The van der Waals surface area contributed by atoms with Crippen LogP contribution in [-0.2, 0) is 4.74 Å². The third kappa shape index (κ3) is 2.56. The minimum Gasteiger partial charge on any atom is -0.375 e. The Kier molecular flexibility index (Phi) is 3.60. The molecule has 2 amide bonds. The summed E-state index contributed by atoms with van der Waals surface area (Å²) in [6, 6.07) is 2.52. The van der Waals surface area contributed by atoms with E-state index in [1.54, 1.807) is 18.2 Å². The van der Waals surface area contributed by atoms with Gasteiger partial charge in [0, 0.05) is 25.8 Å². The highest BCUT2D eigenvalue weighted by Gasteiger charge is 2.44. The molecule has 1 aromatic rings. The number of benzene rings is 1. The Morgan fingerprint density at radius 2 is 1.95 bits per heavy atom. The molecule has 0 aliphatic carbocycles. The number of hydrogen-bond acceptors (Lipinski definition) is 3. The van der Waals surface area contributed by atoms with E-state index < -0.39 is 17.7 Å². The summed E-state index contributed by atoms with van der Waals surface area (Å²) in [6.07, 6.45) is 2.02. The molecule has 7 heteroatoms. The maximum atomic E-state index is 13.4. The highest BCUT2D eigenvalue weighted by atomic mass is 19.1. The Morgan fingerprint density at radius 1 is 1.32 bits per heavy atom. The van der Waals surface area contributed by atoms with Crippen molar-refractivity contribution in [1.82, 2.24) is 9.91 Å². The lowest BCUT2D eigenvalue weighted by molar-refractivity contribution is -0.0961. The second-order valence-corrected chi connectivity index (χ2v) is 5.89. The quantitative estimate of drug-likeness (QED) is 0.843. The molecule has 0 saturated carbocycles. The average molecular weight is 309 g/mol. The lowest BCUT2D eigenvalue weighted by atomic mass is 9.97. The lowest BCUT2D eigenvalue weighted by Gasteiger charge is -2.47. The fourth-order valence-corrected chi connectivity index (χ4v) is 2.81. The summed E-state index contributed by atoms with van der Waals surface area (Å²) in [5.74, 6) is -1.32. The number of carbonyl (C=O) groups excluding carboxylic acids is 1. The van der Waals surface area contributed by atoms with Crippen LogP contribution in [0.2, 0.25) is 0 Å². The summed E-state index contributed by atoms with van der Waals surface area (Å²) < 4.78 is 32.1. The topological polar surface area (TPSA) is 45.1 Å². The van der Waals surface area contributed by atoms with E-state index >= 15 is 0 Å². The first-order chi connectivity index (χ1) is 10.4. The van der Waals surface area contributed by atoms with Crippen LogP contribution in [0.15, 0.2) is 23.3 Å². The molecule has 1 fully saturated rings. The van der Waals surface area contributed by atoms with Crippen molar-refractivity contribution in [2.75, 3.05) is 20.2 Å². The fraction of sp³-hybridized carbons (Fsp3) is 0.467. The lowest BCUT2D eigenvalue weighted by Crippen LogP contribution is -2.64. The molecule has 0 aromatic heterocycles. The van der Waals surface area contributed by atoms with Crippen LogP contribution in [0, 0.1) is 11.6 Å². The van der Waals surface area contributed by atoms with Crippen molar-refractivity contribution in [2.24, 2.45) is 5.10 Å². The minimum absolute atomic E-state index is 0.280. The molecule has 2 aliphatic heterocycles. The molecule has 0 bridgehead atoms. The van der Waals surface area contributed by atoms with Gasteiger partial charge in [-0.05, 0) is 24.6 Å². The number of nitrogens with zero attached hydrogens (tertiary/aromatic N) is 3. The summed E-state index contributed by atoms with van der Waals surface area (Å²) in [5.41, 5.74) is 0.0675. The Bertz CT molecular complexity index is 609. The van der Waals surface area contributed by atoms with Gasteiger partial charge in [0.15, 0.2) is 0 Å². The van der Waals surface area contributed by atoms with Gasteiger partial charge >= 0.3 is 6.03 Å². The summed E-state index contributed by atoms with van der Waals surface area (Å²) in [7, 11) is 1.61. The van der Waals surface area contributed by atoms with Crippen molar-refractivity contribution in [3.8, 4) is 0 Å². The smallest absolute Gasteiger partial charge is 0.341 e. The van der Waals surface area contributed by atoms with Crippen LogP contribution in [0.3, 0.4) is 0 Å². The zero-order valence-electron chi connectivity index (χ0n) is 12.4. The van der Waals surface area contributed by atoms with Crippen LogP contribution in [-0.4, -0.2) is 48.0 Å². The molecule has 0 N–H and O–H groups in total. The molecule has 22 heavy (non-hydrogen) atoms. The number of amides is 2. The van der Waals surface area contributed by atoms with Crippen LogP contribution in [0.4, 0.5) is 13.6 Å². The van der Waals surface area contributed by atoms with Crippen molar-refractivity contribution in [3.63, 3.8) is 0 Å². The Balaban J connectivity index is 1.76. The molecule has 0 spiro atoms. The van der Waals surface area contributed by atoms with Gasteiger partial charge in [-0.3, -0.25) is 0 Å². The standard InChI is InChI=1S/C15H17F2N3O2/c1-15(22-2)8-19(9-15)14(21)20-13(3-4-18-20)10-5-11(16)7-12(17)6-10/h4-7,13H,3,8-9H2,1-2H3/t13-/m0/s1. The van der Waals surface area contributed by atoms with E-state index in [0.717, 1.165) is 6.07 Å². The molecule has 0 radical (unpaired) electrons. The van der Waals surface area contributed by atoms with Gasteiger partial charge < -0.3 is 9.64 Å². The van der Waals surface area contributed by atoms with Gasteiger partial charge in [0.2, 0.25) is 0 Å². The summed E-state index contributed by atoms with van der Waals surface area (Å²) >= 11 is 0. The van der Waals surface area contributed by atoms with Crippen molar-refractivity contribution in [2.45, 2.75) is 25.0 Å². The first-order valence-electron chi connectivity index (χ1n) is 7.03. The number of ether oxygens (including phenoxy) is 1. The maximum absolute atomic E-state index is 13.4. The SMILES string of the molecule is COC1(C)CN(C(=O)N2N=CC[C@H]2c2cc(F)cc(F)c2)C1. The van der Waals surface area contributed by atoms with Crippen LogP contribution >= 0.6 is 0 Å². The molecule has 5 nitrogen and oxygen atoms in total. The molecular formula is C15H17F2N3O2. The molecule has 1 atom stereocenters. The number of methoxy groups -OCH3 is 1. The Labute approximate surface area is 127 Å². The van der Waals surface area contributed by atoms with Crippen molar-refractivity contribution in [3.05, 3.63) is 35.4 Å². The van der Waals surface area contributed by atoms with Crippen molar-refractivity contribution >= 4 is 12.2 Å². The van der Waals surface area contributed by atoms with Gasteiger partial charge in [-0.2, -0.15) is 5.10 Å². The summed E-state index contributed by atoms with van der Waals surface area (Å²) in [6.45, 7) is 2.86. The molecule has 1 saturated heterocycles. The number of carbonyl (C=O) groups is 1. The third-order valence-corrected chi connectivity index (χ3v) is 4.11. The summed E-state index contributed by atoms with van der Waals surface area (Å²) in [4.78, 5) is 14.1. The van der Waals surface area contributed by atoms with Gasteiger partial charge in [-0.1, -0.05) is 0 Å². The number of hydrazone groups is 1. The second kappa shape index (κ2) is 5.31. The van der Waals surface area contributed by atoms with Gasteiger partial charge in [0.25, 0.3) is 0 Å². The van der Waals surface area contributed by atoms with Gasteiger partial charge in [0.1, 0.15) is 17.2 Å². The van der Waals surface area contributed by atoms with Crippen molar-refractivity contribution in [1.29, 1.82) is 0 Å². The van der Waals surface area contributed by atoms with Crippen molar-refractivity contribution < 1.29 is 18.3 Å². The largest absolute Gasteiger partial charge is 0.375 e. The predicted molar refractivity (Wildman–Crippen MR) is 76.4 cm³/mol. The summed E-state index contributed by atoms with van der Waals surface area (Å²) in [5, 5.41) is 5.34. The number of likely N-dealkylation sites (tertiary alicyclic amines) is 1. The molecule has 2 aliphatic rings. The van der Waals surface area contributed by atoms with Crippen LogP contribution in [0.1, 0.15) is 24.9 Å². The molecule has 0 unspecified atom stereocenters. The van der Waals surface area contributed by atoms with Crippen LogP contribution in [0.25, 0.3) is 0 Å². The van der Waals surface area contributed by atoms with E-state index in [-0.39, 0.29) is 11.6 Å². The van der Waals surface area contributed by atoms with Crippen LogP contribution in [0.5, 0.6) is 0 Å². The molecule has 1 aromatic carbocycles. The van der Waals surface area contributed by atoms with E-state index in [1.165, 1.54) is 17.1 Å². The predicted octanol–water partition coefficient (Wildman–Crippen LogP) is 2.54. The van der Waals surface area contributed by atoms with E-state index in [0.29, 0.717) is 25.1 Å².